The summed E-state index contributed by atoms with van der Waals surface area (Å²) in [7, 11) is 0. The Balaban J connectivity index is 1.60. The number of benzene rings is 1. The van der Waals surface area contributed by atoms with Crippen LogP contribution < -0.4 is 0 Å². The van der Waals surface area contributed by atoms with E-state index in [9.17, 15) is 9.90 Å². The number of rotatable bonds is 5. The predicted molar refractivity (Wildman–Crippen MR) is 99.8 cm³/mol. The van der Waals surface area contributed by atoms with E-state index in [1.165, 1.54) is 5.56 Å². The molecule has 1 unspecified atom stereocenters. The maximum Gasteiger partial charge on any atom is 0.235 e. The van der Waals surface area contributed by atoms with Gasteiger partial charge in [0, 0.05) is 18.8 Å². The molecule has 2 aliphatic rings. The molecule has 4 heteroatoms. The fourth-order valence-corrected chi connectivity index (χ4v) is 5.32. The van der Waals surface area contributed by atoms with Gasteiger partial charge in [-0.3, -0.25) is 4.79 Å². The van der Waals surface area contributed by atoms with Crippen LogP contribution in [0.25, 0.3) is 0 Å². The Bertz CT molecular complexity index is 548. The van der Waals surface area contributed by atoms with Gasteiger partial charge in [-0.2, -0.15) is 0 Å². The highest BCUT2D eigenvalue weighted by atomic mass is 32.2. The van der Waals surface area contributed by atoms with Crippen LogP contribution in [0, 0.1) is 17.8 Å². The molecule has 4 atom stereocenters. The molecule has 132 valence electrons. The minimum Gasteiger partial charge on any atom is -0.393 e. The van der Waals surface area contributed by atoms with Crippen LogP contribution in [-0.4, -0.2) is 40.4 Å². The lowest BCUT2D eigenvalue weighted by molar-refractivity contribution is -0.130. The van der Waals surface area contributed by atoms with Crippen molar-refractivity contribution in [3.8, 4) is 0 Å². The molecule has 0 radical (unpaired) electrons. The standard InChI is InChI=1S/C20H29NO2S/c1-14(2)19(24-13-15-6-4-3-5-7-15)20(23)21-11-16-8-9-18(22)10-17(16)12-21/h3-7,14,16-19,22H,8-13H2,1-2H3/t16-,17+,18-,19?/m0/s1. The molecule has 3 nitrogen and oxygen atoms in total. The summed E-state index contributed by atoms with van der Waals surface area (Å²) in [5.41, 5.74) is 1.28. The fraction of sp³-hybridized carbons (Fsp3) is 0.650. The first-order valence-corrected chi connectivity index (χ1v) is 10.2. The predicted octanol–water partition coefficient (Wildman–Crippen LogP) is 3.56. The van der Waals surface area contributed by atoms with Crippen molar-refractivity contribution in [3.63, 3.8) is 0 Å². The summed E-state index contributed by atoms with van der Waals surface area (Å²) in [6, 6.07) is 10.4. The maximum atomic E-state index is 13.1. The van der Waals surface area contributed by atoms with Gasteiger partial charge in [-0.15, -0.1) is 11.8 Å². The second-order valence-corrected chi connectivity index (χ2v) is 8.82. The second-order valence-electron chi connectivity index (χ2n) is 7.69. The van der Waals surface area contributed by atoms with E-state index in [4.69, 9.17) is 0 Å². The van der Waals surface area contributed by atoms with Crippen molar-refractivity contribution in [2.24, 2.45) is 17.8 Å². The summed E-state index contributed by atoms with van der Waals surface area (Å²) >= 11 is 1.77. The summed E-state index contributed by atoms with van der Waals surface area (Å²) in [4.78, 5) is 15.2. The highest BCUT2D eigenvalue weighted by Gasteiger charge is 2.40. The molecule has 1 aliphatic heterocycles. The van der Waals surface area contributed by atoms with Crippen molar-refractivity contribution < 1.29 is 9.90 Å². The fourth-order valence-electron chi connectivity index (χ4n) is 4.08. The number of nitrogens with zero attached hydrogens (tertiary/aromatic N) is 1. The topological polar surface area (TPSA) is 40.5 Å². The number of aliphatic hydroxyl groups is 1. The number of hydrogen-bond acceptors (Lipinski definition) is 3. The number of carbonyl (C=O) groups excluding carboxylic acids is 1. The first-order chi connectivity index (χ1) is 11.5. The number of hydrogen-bond donors (Lipinski definition) is 1. The Morgan fingerprint density at radius 1 is 1.21 bits per heavy atom. The second kappa shape index (κ2) is 7.92. The van der Waals surface area contributed by atoms with Crippen molar-refractivity contribution >= 4 is 17.7 Å². The van der Waals surface area contributed by atoms with Gasteiger partial charge in [-0.25, -0.2) is 0 Å². The molecule has 2 fully saturated rings. The molecule has 0 spiro atoms. The highest BCUT2D eigenvalue weighted by Crippen LogP contribution is 2.37. The molecule has 24 heavy (non-hydrogen) atoms. The van der Waals surface area contributed by atoms with Crippen molar-refractivity contribution in [1.82, 2.24) is 4.90 Å². The van der Waals surface area contributed by atoms with Gasteiger partial charge in [0.2, 0.25) is 5.91 Å². The van der Waals surface area contributed by atoms with E-state index in [0.29, 0.717) is 23.7 Å². The number of aliphatic hydroxyl groups excluding tert-OH is 1. The van der Waals surface area contributed by atoms with E-state index in [2.05, 4.69) is 43.0 Å². The van der Waals surface area contributed by atoms with Gasteiger partial charge in [0.15, 0.2) is 0 Å². The molecule has 1 aromatic rings. The lowest BCUT2D eigenvalue weighted by atomic mass is 9.80. The van der Waals surface area contributed by atoms with Crippen molar-refractivity contribution in [2.45, 2.75) is 50.2 Å². The first-order valence-electron chi connectivity index (χ1n) is 9.17. The zero-order valence-corrected chi connectivity index (χ0v) is 15.5. The van der Waals surface area contributed by atoms with Gasteiger partial charge in [0.05, 0.1) is 11.4 Å². The van der Waals surface area contributed by atoms with Gasteiger partial charge in [-0.1, -0.05) is 44.2 Å². The summed E-state index contributed by atoms with van der Waals surface area (Å²) in [6.45, 7) is 6.03. The summed E-state index contributed by atoms with van der Waals surface area (Å²) in [5, 5.41) is 9.90. The Morgan fingerprint density at radius 3 is 2.62 bits per heavy atom. The Morgan fingerprint density at radius 2 is 1.92 bits per heavy atom. The molecule has 1 saturated heterocycles. The average Bonchev–Trinajstić information content (AvgIpc) is 2.98. The van der Waals surface area contributed by atoms with Crippen LogP contribution in [-0.2, 0) is 10.5 Å². The molecular weight excluding hydrogens is 318 g/mol. The number of fused-ring (bicyclic) bond motifs is 1. The zero-order valence-electron chi connectivity index (χ0n) is 14.7. The van der Waals surface area contributed by atoms with E-state index in [0.717, 1.165) is 38.1 Å². The van der Waals surface area contributed by atoms with E-state index >= 15 is 0 Å². The maximum absolute atomic E-state index is 13.1. The monoisotopic (exact) mass is 347 g/mol. The number of thioether (sulfide) groups is 1. The number of amides is 1. The van der Waals surface area contributed by atoms with Crippen LogP contribution in [0.4, 0.5) is 0 Å². The van der Waals surface area contributed by atoms with Crippen molar-refractivity contribution in [3.05, 3.63) is 35.9 Å². The Labute approximate surface area is 149 Å². The molecule has 1 saturated carbocycles. The molecule has 1 aromatic carbocycles. The zero-order chi connectivity index (χ0) is 17.1. The lowest BCUT2D eigenvalue weighted by Crippen LogP contribution is -2.39. The van der Waals surface area contributed by atoms with Crippen LogP contribution in [0.3, 0.4) is 0 Å². The summed E-state index contributed by atoms with van der Waals surface area (Å²) < 4.78 is 0. The smallest absolute Gasteiger partial charge is 0.235 e. The third-order valence-electron chi connectivity index (χ3n) is 5.45. The van der Waals surface area contributed by atoms with Gasteiger partial charge in [0.1, 0.15) is 0 Å². The first kappa shape index (κ1) is 17.8. The van der Waals surface area contributed by atoms with Crippen LogP contribution in [0.15, 0.2) is 30.3 Å². The van der Waals surface area contributed by atoms with E-state index in [-0.39, 0.29) is 11.4 Å². The molecule has 3 rings (SSSR count). The molecule has 1 N–H and O–H groups in total. The van der Waals surface area contributed by atoms with Crippen molar-refractivity contribution in [1.29, 1.82) is 0 Å². The molecular formula is C20H29NO2S. The highest BCUT2D eigenvalue weighted by molar-refractivity contribution is 7.99. The van der Waals surface area contributed by atoms with Crippen LogP contribution in [0.1, 0.15) is 38.7 Å². The van der Waals surface area contributed by atoms with Crippen LogP contribution in [0.5, 0.6) is 0 Å². The van der Waals surface area contributed by atoms with Crippen LogP contribution in [0.2, 0.25) is 0 Å². The van der Waals surface area contributed by atoms with Crippen LogP contribution >= 0.6 is 11.8 Å². The quantitative estimate of drug-likeness (QED) is 0.885. The lowest BCUT2D eigenvalue weighted by Gasteiger charge is -2.27. The van der Waals surface area contributed by atoms with E-state index in [1.54, 1.807) is 11.8 Å². The van der Waals surface area contributed by atoms with Gasteiger partial charge >= 0.3 is 0 Å². The molecule has 0 aromatic heterocycles. The number of likely N-dealkylation sites (tertiary alicyclic amines) is 1. The largest absolute Gasteiger partial charge is 0.393 e. The SMILES string of the molecule is CC(C)C(SCc1ccccc1)C(=O)N1C[C@H]2C[C@@H](O)CC[C@H]2C1. The van der Waals surface area contributed by atoms with Gasteiger partial charge < -0.3 is 10.0 Å². The Hall–Kier alpha value is -1.00. The van der Waals surface area contributed by atoms with Gasteiger partial charge in [-0.05, 0) is 42.6 Å². The molecule has 1 aliphatic carbocycles. The Kier molecular flexibility index (Phi) is 5.88. The number of carbonyl (C=O) groups is 1. The van der Waals surface area contributed by atoms with Gasteiger partial charge in [0.25, 0.3) is 0 Å². The third-order valence-corrected chi connectivity index (χ3v) is 7.06. The van der Waals surface area contributed by atoms with E-state index in [1.807, 2.05) is 6.07 Å². The summed E-state index contributed by atoms with van der Waals surface area (Å²) in [6.07, 6.45) is 2.69. The molecule has 1 amide bonds. The minimum atomic E-state index is -0.158. The average molecular weight is 348 g/mol. The molecule has 1 heterocycles. The third kappa shape index (κ3) is 4.15. The van der Waals surface area contributed by atoms with Crippen molar-refractivity contribution in [2.75, 3.05) is 13.1 Å². The van der Waals surface area contributed by atoms with E-state index < -0.39 is 0 Å². The summed E-state index contributed by atoms with van der Waals surface area (Å²) in [5.74, 6) is 2.62. The normalized spacial score (nSPS) is 28.0. The molecule has 0 bridgehead atoms. The minimum absolute atomic E-state index is 0.0234.